The van der Waals surface area contributed by atoms with Gasteiger partial charge < -0.3 is 20.9 Å². The van der Waals surface area contributed by atoms with E-state index in [0.29, 0.717) is 18.1 Å². The monoisotopic (exact) mass is 319 g/mol. The first-order valence-electron chi connectivity index (χ1n) is 6.42. The van der Waals surface area contributed by atoms with E-state index in [1.165, 1.54) is 6.21 Å². The number of thiazole rings is 1. The second kappa shape index (κ2) is 7.41. The molecule has 0 spiro atoms. The molecule has 1 heterocycles. The maximum Gasteiger partial charge on any atom is 0.211 e. The highest BCUT2D eigenvalue weighted by Gasteiger charge is 2.07. The molecule has 0 saturated carbocycles. The molecule has 0 radical (unpaired) electrons. The Bertz CT molecular complexity index is 692. The maximum absolute atomic E-state index is 5.73. The molecule has 0 aliphatic carbocycles. The average Bonchev–Trinajstić information content (AvgIpc) is 2.91. The lowest BCUT2D eigenvalue weighted by atomic mass is 10.2. The third-order valence-electron chi connectivity index (χ3n) is 2.61. The van der Waals surface area contributed by atoms with Gasteiger partial charge in [0.1, 0.15) is 6.61 Å². The van der Waals surface area contributed by atoms with Crippen LogP contribution in [0.15, 0.2) is 33.8 Å². The van der Waals surface area contributed by atoms with Crippen molar-refractivity contribution < 1.29 is 9.47 Å². The minimum atomic E-state index is -0.0956. The lowest BCUT2D eigenvalue weighted by molar-refractivity contribution is 0.281. The molecule has 2 rings (SSSR count). The van der Waals surface area contributed by atoms with E-state index in [2.05, 4.69) is 15.2 Å². The van der Waals surface area contributed by atoms with Gasteiger partial charge in [0.25, 0.3) is 0 Å². The SMILES string of the molecule is COc1cc(/C=N/N=C(N)N)ccc1OCc1csc(C)n1. The van der Waals surface area contributed by atoms with Gasteiger partial charge >= 0.3 is 0 Å². The Balaban J connectivity index is 2.08. The normalized spacial score (nSPS) is 10.6. The predicted octanol–water partition coefficient (Wildman–Crippen LogP) is 1.65. The second-order valence-corrected chi connectivity index (χ2v) is 5.39. The molecule has 0 unspecified atom stereocenters. The molecule has 0 bridgehead atoms. The first-order chi connectivity index (χ1) is 10.6. The fourth-order valence-electron chi connectivity index (χ4n) is 1.67. The highest BCUT2D eigenvalue weighted by atomic mass is 32.1. The van der Waals surface area contributed by atoms with Gasteiger partial charge in [-0.2, -0.15) is 5.10 Å². The van der Waals surface area contributed by atoms with Crippen molar-refractivity contribution in [1.29, 1.82) is 0 Å². The molecule has 116 valence electrons. The molecule has 2 aromatic rings. The van der Waals surface area contributed by atoms with Crippen LogP contribution in [-0.4, -0.2) is 24.3 Å². The van der Waals surface area contributed by atoms with Crippen LogP contribution in [0.3, 0.4) is 0 Å². The minimum absolute atomic E-state index is 0.0956. The van der Waals surface area contributed by atoms with Crippen LogP contribution >= 0.6 is 11.3 Å². The van der Waals surface area contributed by atoms with Crippen molar-refractivity contribution in [2.75, 3.05) is 7.11 Å². The predicted molar refractivity (Wildman–Crippen MR) is 87.6 cm³/mol. The van der Waals surface area contributed by atoms with Crippen molar-refractivity contribution >= 4 is 23.5 Å². The summed E-state index contributed by atoms with van der Waals surface area (Å²) in [6.45, 7) is 2.35. The molecule has 1 aromatic carbocycles. The molecule has 1 aromatic heterocycles. The Morgan fingerprint density at radius 3 is 2.82 bits per heavy atom. The molecule has 22 heavy (non-hydrogen) atoms. The van der Waals surface area contributed by atoms with Gasteiger partial charge in [0.2, 0.25) is 5.96 Å². The summed E-state index contributed by atoms with van der Waals surface area (Å²) in [6, 6.07) is 5.41. The molecular weight excluding hydrogens is 302 g/mol. The highest BCUT2D eigenvalue weighted by Crippen LogP contribution is 2.28. The van der Waals surface area contributed by atoms with Crippen molar-refractivity contribution in [2.24, 2.45) is 21.7 Å². The third-order valence-corrected chi connectivity index (χ3v) is 3.43. The number of hydrogen-bond donors (Lipinski definition) is 2. The Hall–Kier alpha value is -2.61. The zero-order valence-electron chi connectivity index (χ0n) is 12.3. The molecule has 0 amide bonds. The van der Waals surface area contributed by atoms with E-state index in [1.807, 2.05) is 18.4 Å². The van der Waals surface area contributed by atoms with Crippen LogP contribution < -0.4 is 20.9 Å². The summed E-state index contributed by atoms with van der Waals surface area (Å²) in [6.07, 6.45) is 1.52. The number of nitrogens with two attached hydrogens (primary N) is 2. The van der Waals surface area contributed by atoms with Crippen LogP contribution in [-0.2, 0) is 6.61 Å². The number of nitrogens with zero attached hydrogens (tertiary/aromatic N) is 3. The summed E-state index contributed by atoms with van der Waals surface area (Å²) in [5, 5.41) is 10.3. The van der Waals surface area contributed by atoms with Crippen molar-refractivity contribution in [3.8, 4) is 11.5 Å². The summed E-state index contributed by atoms with van der Waals surface area (Å²) >= 11 is 1.59. The van der Waals surface area contributed by atoms with E-state index in [4.69, 9.17) is 20.9 Å². The zero-order chi connectivity index (χ0) is 15.9. The van der Waals surface area contributed by atoms with Gasteiger partial charge in [0.15, 0.2) is 11.5 Å². The average molecular weight is 319 g/mol. The standard InChI is InChI=1S/C14H17N5O2S/c1-9-18-11(8-22-9)7-21-12-4-3-10(5-13(12)20-2)6-17-19-14(15)16/h3-6,8H,7H2,1-2H3,(H4,15,16,19)/b17-6+. The maximum atomic E-state index is 5.73. The molecule has 7 nitrogen and oxygen atoms in total. The van der Waals surface area contributed by atoms with Gasteiger partial charge in [0.05, 0.1) is 24.0 Å². The van der Waals surface area contributed by atoms with Gasteiger partial charge in [-0.05, 0) is 30.7 Å². The molecule has 0 aliphatic rings. The molecule has 0 aliphatic heterocycles. The summed E-state index contributed by atoms with van der Waals surface area (Å²) in [7, 11) is 1.58. The molecule has 0 atom stereocenters. The first kappa shape index (κ1) is 15.8. The molecular formula is C14H17N5O2S. The van der Waals surface area contributed by atoms with E-state index in [9.17, 15) is 0 Å². The quantitative estimate of drug-likeness (QED) is 0.478. The van der Waals surface area contributed by atoms with Crippen molar-refractivity contribution in [1.82, 2.24) is 4.98 Å². The van der Waals surface area contributed by atoms with Crippen LogP contribution in [0.2, 0.25) is 0 Å². The minimum Gasteiger partial charge on any atom is -0.493 e. The fourth-order valence-corrected chi connectivity index (χ4v) is 2.27. The smallest absolute Gasteiger partial charge is 0.211 e. The number of hydrogen-bond acceptors (Lipinski definition) is 6. The van der Waals surface area contributed by atoms with Gasteiger partial charge in [0, 0.05) is 5.38 Å². The number of rotatable bonds is 6. The van der Waals surface area contributed by atoms with Gasteiger partial charge in [-0.3, -0.25) is 0 Å². The first-order valence-corrected chi connectivity index (χ1v) is 7.30. The summed E-state index contributed by atoms with van der Waals surface area (Å²) in [4.78, 5) is 4.35. The van der Waals surface area contributed by atoms with E-state index in [0.717, 1.165) is 16.3 Å². The number of aromatic nitrogens is 1. The zero-order valence-corrected chi connectivity index (χ0v) is 13.1. The Morgan fingerprint density at radius 2 is 2.18 bits per heavy atom. The molecule has 0 fully saturated rings. The van der Waals surface area contributed by atoms with Crippen molar-refractivity contribution in [3.63, 3.8) is 0 Å². The number of benzene rings is 1. The number of guanidine groups is 1. The Morgan fingerprint density at radius 1 is 1.36 bits per heavy atom. The Kier molecular flexibility index (Phi) is 5.31. The van der Waals surface area contributed by atoms with E-state index >= 15 is 0 Å². The van der Waals surface area contributed by atoms with Crippen LogP contribution in [0.5, 0.6) is 11.5 Å². The Labute approximate surface area is 132 Å². The van der Waals surface area contributed by atoms with E-state index in [-0.39, 0.29) is 5.96 Å². The van der Waals surface area contributed by atoms with Crippen LogP contribution in [0.25, 0.3) is 0 Å². The summed E-state index contributed by atoms with van der Waals surface area (Å²) in [5.41, 5.74) is 12.1. The number of aryl methyl sites for hydroxylation is 1. The van der Waals surface area contributed by atoms with Crippen molar-refractivity contribution in [3.05, 3.63) is 39.8 Å². The van der Waals surface area contributed by atoms with Gasteiger partial charge in [-0.1, -0.05) is 0 Å². The second-order valence-electron chi connectivity index (χ2n) is 4.33. The molecule has 8 heteroatoms. The topological polar surface area (TPSA) is 108 Å². The molecule has 4 N–H and O–H groups in total. The van der Waals surface area contributed by atoms with Crippen LogP contribution in [0.1, 0.15) is 16.3 Å². The fraction of sp³-hybridized carbons (Fsp3) is 0.214. The van der Waals surface area contributed by atoms with Crippen LogP contribution in [0.4, 0.5) is 0 Å². The number of ether oxygens (including phenoxy) is 2. The largest absolute Gasteiger partial charge is 0.493 e. The number of methoxy groups -OCH3 is 1. The highest BCUT2D eigenvalue weighted by molar-refractivity contribution is 7.09. The lowest BCUT2D eigenvalue weighted by Crippen LogP contribution is -2.21. The van der Waals surface area contributed by atoms with Gasteiger partial charge in [-0.15, -0.1) is 16.4 Å². The van der Waals surface area contributed by atoms with Crippen molar-refractivity contribution in [2.45, 2.75) is 13.5 Å². The molecule has 0 saturated heterocycles. The van der Waals surface area contributed by atoms with E-state index < -0.39 is 0 Å². The van der Waals surface area contributed by atoms with Crippen LogP contribution in [0, 0.1) is 6.92 Å². The lowest BCUT2D eigenvalue weighted by Gasteiger charge is -2.10. The third kappa shape index (κ3) is 4.45. The summed E-state index contributed by atoms with van der Waals surface area (Å²) < 4.78 is 11.0. The van der Waals surface area contributed by atoms with E-state index in [1.54, 1.807) is 30.6 Å². The summed E-state index contributed by atoms with van der Waals surface area (Å²) in [5.74, 6) is 1.13. The van der Waals surface area contributed by atoms with Gasteiger partial charge in [-0.25, -0.2) is 4.98 Å².